The van der Waals surface area contributed by atoms with Crippen LogP contribution in [0.5, 0.6) is 0 Å². The van der Waals surface area contributed by atoms with Crippen LogP contribution in [-0.4, -0.2) is 25.8 Å². The maximum absolute atomic E-state index is 11.2. The van der Waals surface area contributed by atoms with E-state index in [1.54, 1.807) is 12.1 Å². The molecule has 0 spiro atoms. The lowest BCUT2D eigenvalue weighted by atomic mass is 10.1. The first-order chi connectivity index (χ1) is 8.70. The molecule has 1 fully saturated rings. The Morgan fingerprint density at radius 1 is 1.61 bits per heavy atom. The molecule has 1 aliphatic heterocycles. The number of nitrogens with two attached hydrogens (primary N) is 1. The summed E-state index contributed by atoms with van der Waals surface area (Å²) in [6, 6.07) is 3.12. The second kappa shape index (κ2) is 6.02. The third kappa shape index (κ3) is 3.11. The summed E-state index contributed by atoms with van der Waals surface area (Å²) >= 11 is 0. The number of hydrogen-bond donors (Lipinski definition) is 1. The van der Waals surface area contributed by atoms with Crippen molar-refractivity contribution < 1.29 is 18.7 Å². The van der Waals surface area contributed by atoms with E-state index in [-0.39, 0.29) is 11.8 Å². The van der Waals surface area contributed by atoms with Gasteiger partial charge in [-0.1, -0.05) is 0 Å². The minimum absolute atomic E-state index is 0.195. The van der Waals surface area contributed by atoms with E-state index in [1.165, 1.54) is 7.11 Å². The predicted molar refractivity (Wildman–Crippen MR) is 65.2 cm³/mol. The van der Waals surface area contributed by atoms with Gasteiger partial charge < -0.3 is 19.6 Å². The molecule has 1 aromatic rings. The Hall–Kier alpha value is -1.33. The van der Waals surface area contributed by atoms with Crippen molar-refractivity contribution in [1.29, 1.82) is 0 Å². The molecule has 2 atom stereocenters. The van der Waals surface area contributed by atoms with E-state index >= 15 is 0 Å². The van der Waals surface area contributed by atoms with Crippen LogP contribution in [0.15, 0.2) is 16.5 Å². The molecular formula is C13H19NO4. The van der Waals surface area contributed by atoms with E-state index in [4.69, 9.17) is 14.9 Å². The van der Waals surface area contributed by atoms with Gasteiger partial charge >= 0.3 is 5.97 Å². The molecule has 1 aliphatic rings. The monoisotopic (exact) mass is 253 g/mol. The first kappa shape index (κ1) is 13.1. The summed E-state index contributed by atoms with van der Waals surface area (Å²) in [6.45, 7) is 0.854. The van der Waals surface area contributed by atoms with Crippen molar-refractivity contribution in [1.82, 2.24) is 0 Å². The number of rotatable bonds is 5. The molecule has 1 aromatic heterocycles. The zero-order valence-corrected chi connectivity index (χ0v) is 10.6. The Morgan fingerprint density at radius 2 is 2.44 bits per heavy atom. The highest BCUT2D eigenvalue weighted by Gasteiger charge is 2.19. The molecule has 2 rings (SSSR count). The van der Waals surface area contributed by atoms with Crippen LogP contribution in [0.25, 0.3) is 0 Å². The molecule has 18 heavy (non-hydrogen) atoms. The smallest absolute Gasteiger partial charge is 0.373 e. The number of hydrogen-bond acceptors (Lipinski definition) is 5. The molecule has 2 N–H and O–H groups in total. The van der Waals surface area contributed by atoms with Gasteiger partial charge in [-0.25, -0.2) is 4.79 Å². The zero-order valence-electron chi connectivity index (χ0n) is 10.6. The Bertz CT molecular complexity index is 395. The lowest BCUT2D eigenvalue weighted by Crippen LogP contribution is -2.13. The average molecular weight is 253 g/mol. The van der Waals surface area contributed by atoms with Crippen LogP contribution in [0.2, 0.25) is 0 Å². The van der Waals surface area contributed by atoms with Gasteiger partial charge in [-0.2, -0.15) is 0 Å². The fourth-order valence-corrected chi connectivity index (χ4v) is 2.14. The number of carbonyl (C=O) groups is 1. The van der Waals surface area contributed by atoms with Crippen molar-refractivity contribution in [3.8, 4) is 0 Å². The van der Waals surface area contributed by atoms with Crippen molar-refractivity contribution >= 4 is 5.97 Å². The Balaban J connectivity index is 1.85. The minimum Gasteiger partial charge on any atom is -0.463 e. The summed E-state index contributed by atoms with van der Waals surface area (Å²) in [4.78, 5) is 11.2. The third-order valence-corrected chi connectivity index (χ3v) is 3.20. The van der Waals surface area contributed by atoms with Crippen molar-refractivity contribution in [3.63, 3.8) is 0 Å². The minimum atomic E-state index is -0.479. The average Bonchev–Trinajstić information content (AvgIpc) is 3.05. The van der Waals surface area contributed by atoms with E-state index in [2.05, 4.69) is 4.74 Å². The van der Waals surface area contributed by atoms with E-state index in [1.807, 2.05) is 0 Å². The van der Waals surface area contributed by atoms with E-state index in [0.717, 1.165) is 32.3 Å². The fraction of sp³-hybridized carbons (Fsp3) is 0.615. The molecular weight excluding hydrogens is 234 g/mol. The van der Waals surface area contributed by atoms with Gasteiger partial charge in [-0.3, -0.25) is 0 Å². The summed E-state index contributed by atoms with van der Waals surface area (Å²) in [5, 5.41) is 0. The molecule has 5 heteroatoms. The highest BCUT2D eigenvalue weighted by molar-refractivity contribution is 5.86. The summed E-state index contributed by atoms with van der Waals surface area (Å²) in [6.07, 6.45) is 4.28. The highest BCUT2D eigenvalue weighted by atomic mass is 16.5. The maximum Gasteiger partial charge on any atom is 0.373 e. The highest BCUT2D eigenvalue weighted by Crippen LogP contribution is 2.23. The second-order valence-corrected chi connectivity index (χ2v) is 4.51. The Labute approximate surface area is 106 Å². The molecule has 0 radical (unpaired) electrons. The molecule has 1 saturated heterocycles. The van der Waals surface area contributed by atoms with Gasteiger partial charge in [0.2, 0.25) is 5.76 Å². The number of esters is 1. The normalized spacial score (nSPS) is 20.9. The number of furan rings is 1. The van der Waals surface area contributed by atoms with Crippen molar-refractivity contribution in [3.05, 3.63) is 23.7 Å². The van der Waals surface area contributed by atoms with Crippen LogP contribution < -0.4 is 5.73 Å². The molecule has 0 bridgehead atoms. The van der Waals surface area contributed by atoms with Crippen LogP contribution in [0.4, 0.5) is 0 Å². The molecule has 2 heterocycles. The SMILES string of the molecule is COC(=O)c1ccc(C(N)CCC2CCCO2)o1. The van der Waals surface area contributed by atoms with Crippen LogP contribution in [0.1, 0.15) is 48.0 Å². The number of carbonyl (C=O) groups excluding carboxylic acids is 1. The van der Waals surface area contributed by atoms with Crippen molar-refractivity contribution in [2.45, 2.75) is 37.8 Å². The fourth-order valence-electron chi connectivity index (χ4n) is 2.14. The zero-order chi connectivity index (χ0) is 13.0. The maximum atomic E-state index is 11.2. The van der Waals surface area contributed by atoms with Gasteiger partial charge in [0.25, 0.3) is 0 Å². The van der Waals surface area contributed by atoms with Gasteiger partial charge in [0, 0.05) is 6.61 Å². The van der Waals surface area contributed by atoms with Gasteiger partial charge in [0.05, 0.1) is 19.3 Å². The van der Waals surface area contributed by atoms with E-state index in [9.17, 15) is 4.79 Å². The first-order valence-corrected chi connectivity index (χ1v) is 6.26. The summed E-state index contributed by atoms with van der Waals surface area (Å²) in [5.41, 5.74) is 6.03. The molecule has 2 unspecified atom stereocenters. The van der Waals surface area contributed by atoms with Crippen molar-refractivity contribution in [2.75, 3.05) is 13.7 Å². The lowest BCUT2D eigenvalue weighted by Gasteiger charge is -2.12. The summed E-state index contributed by atoms with van der Waals surface area (Å²) < 4.78 is 15.5. The van der Waals surface area contributed by atoms with Gasteiger partial charge in [0.15, 0.2) is 0 Å². The van der Waals surface area contributed by atoms with Crippen molar-refractivity contribution in [2.24, 2.45) is 5.73 Å². The third-order valence-electron chi connectivity index (χ3n) is 3.20. The molecule has 0 aliphatic carbocycles. The van der Waals surface area contributed by atoms with Gasteiger partial charge in [0.1, 0.15) is 5.76 Å². The number of methoxy groups -OCH3 is 1. The van der Waals surface area contributed by atoms with E-state index in [0.29, 0.717) is 11.9 Å². The first-order valence-electron chi connectivity index (χ1n) is 6.26. The standard InChI is InChI=1S/C13H19NO4/c1-16-13(15)12-7-6-11(18-12)10(14)5-4-9-3-2-8-17-9/h6-7,9-10H,2-5,8,14H2,1H3. The van der Waals surface area contributed by atoms with Gasteiger partial charge in [-0.15, -0.1) is 0 Å². The second-order valence-electron chi connectivity index (χ2n) is 4.51. The molecule has 0 aromatic carbocycles. The van der Waals surface area contributed by atoms with E-state index < -0.39 is 5.97 Å². The van der Waals surface area contributed by atoms with Crippen LogP contribution in [-0.2, 0) is 9.47 Å². The topological polar surface area (TPSA) is 74.7 Å². The quantitative estimate of drug-likeness (QED) is 0.812. The Morgan fingerprint density at radius 3 is 3.11 bits per heavy atom. The van der Waals surface area contributed by atoms with Crippen LogP contribution >= 0.6 is 0 Å². The van der Waals surface area contributed by atoms with Crippen LogP contribution in [0.3, 0.4) is 0 Å². The number of ether oxygens (including phenoxy) is 2. The van der Waals surface area contributed by atoms with Gasteiger partial charge in [-0.05, 0) is 37.8 Å². The van der Waals surface area contributed by atoms with Crippen LogP contribution in [0, 0.1) is 0 Å². The molecule has 0 amide bonds. The Kier molecular flexibility index (Phi) is 4.38. The summed E-state index contributed by atoms with van der Waals surface area (Å²) in [5.74, 6) is 0.334. The predicted octanol–water partition coefficient (Wildman–Crippen LogP) is 2.03. The molecule has 5 nitrogen and oxygen atoms in total. The molecule has 0 saturated carbocycles. The lowest BCUT2D eigenvalue weighted by molar-refractivity contribution is 0.0561. The summed E-state index contributed by atoms with van der Waals surface area (Å²) in [7, 11) is 1.32. The molecule has 100 valence electrons. The largest absolute Gasteiger partial charge is 0.463 e.